The molecule has 2 aliphatic carbocycles. The molecule has 180 valence electrons. The van der Waals surface area contributed by atoms with Crippen LogP contribution in [-0.2, 0) is 14.3 Å². The number of fused-ring (bicyclic) bond motifs is 3. The standard InChI is InChI=1S/C27H32N2O5/c1-3-29(15-17(2)26(31)32)25(30)14-24(18-12-13-18)28-27(33)34-16-23-21-10-6-4-8-19(21)20-9-5-7-11-22(20)23/h4-11,17-18,23-24H,3,12-16H2,1-2H3,(H,28,33)(H,31,32). The van der Waals surface area contributed by atoms with Crippen molar-refractivity contribution >= 4 is 18.0 Å². The summed E-state index contributed by atoms with van der Waals surface area (Å²) in [5, 5.41) is 12.1. The van der Waals surface area contributed by atoms with Crippen molar-refractivity contribution in [2.75, 3.05) is 19.7 Å². The Morgan fingerprint density at radius 2 is 1.65 bits per heavy atom. The molecule has 0 saturated heterocycles. The molecule has 7 heteroatoms. The Balaban J connectivity index is 1.36. The third-order valence-electron chi connectivity index (χ3n) is 6.88. The minimum atomic E-state index is -0.929. The van der Waals surface area contributed by atoms with Crippen LogP contribution in [0, 0.1) is 11.8 Å². The molecule has 0 aliphatic heterocycles. The van der Waals surface area contributed by atoms with Gasteiger partial charge in [-0.25, -0.2) is 4.79 Å². The molecule has 2 aromatic rings. The van der Waals surface area contributed by atoms with Gasteiger partial charge in [0.15, 0.2) is 0 Å². The molecule has 34 heavy (non-hydrogen) atoms. The van der Waals surface area contributed by atoms with Crippen molar-refractivity contribution in [1.82, 2.24) is 10.2 Å². The van der Waals surface area contributed by atoms with Gasteiger partial charge in [0, 0.05) is 31.5 Å². The highest BCUT2D eigenvalue weighted by Gasteiger charge is 2.36. The van der Waals surface area contributed by atoms with Gasteiger partial charge in [-0.3, -0.25) is 9.59 Å². The number of carboxylic acid groups (broad SMARTS) is 1. The topological polar surface area (TPSA) is 95.9 Å². The quantitative estimate of drug-likeness (QED) is 0.548. The molecule has 0 aromatic heterocycles. The number of rotatable bonds is 10. The van der Waals surface area contributed by atoms with E-state index in [1.807, 2.05) is 31.2 Å². The van der Waals surface area contributed by atoms with E-state index in [1.54, 1.807) is 11.8 Å². The maximum atomic E-state index is 12.8. The maximum Gasteiger partial charge on any atom is 0.407 e. The van der Waals surface area contributed by atoms with E-state index in [4.69, 9.17) is 9.84 Å². The van der Waals surface area contributed by atoms with Gasteiger partial charge in [0.25, 0.3) is 0 Å². The zero-order valence-corrected chi connectivity index (χ0v) is 19.7. The minimum absolute atomic E-state index is 0.0211. The Hall–Kier alpha value is -3.35. The Labute approximate surface area is 200 Å². The number of nitrogens with one attached hydrogen (secondary N) is 1. The second-order valence-electron chi connectivity index (χ2n) is 9.29. The van der Waals surface area contributed by atoms with Crippen LogP contribution in [0.1, 0.15) is 50.2 Å². The summed E-state index contributed by atoms with van der Waals surface area (Å²) in [4.78, 5) is 38.3. The van der Waals surface area contributed by atoms with Crippen molar-refractivity contribution in [3.8, 4) is 11.1 Å². The van der Waals surface area contributed by atoms with Gasteiger partial charge in [-0.05, 0) is 47.9 Å². The van der Waals surface area contributed by atoms with Crippen LogP contribution in [0.25, 0.3) is 11.1 Å². The van der Waals surface area contributed by atoms with Crippen LogP contribution in [0.5, 0.6) is 0 Å². The van der Waals surface area contributed by atoms with Crippen LogP contribution < -0.4 is 5.32 Å². The van der Waals surface area contributed by atoms with Crippen molar-refractivity contribution in [3.05, 3.63) is 59.7 Å². The lowest BCUT2D eigenvalue weighted by atomic mass is 9.98. The SMILES string of the molecule is CCN(CC(C)C(=O)O)C(=O)CC(NC(=O)OCC1c2ccccc2-c2ccccc21)C1CC1. The Morgan fingerprint density at radius 1 is 1.06 bits per heavy atom. The lowest BCUT2D eigenvalue weighted by molar-refractivity contribution is -0.143. The van der Waals surface area contributed by atoms with Gasteiger partial charge in [0.1, 0.15) is 6.61 Å². The number of benzene rings is 2. The summed E-state index contributed by atoms with van der Waals surface area (Å²) in [7, 11) is 0. The number of carbonyl (C=O) groups is 3. The number of alkyl carbamates (subject to hydrolysis) is 1. The summed E-state index contributed by atoms with van der Waals surface area (Å²) in [5.41, 5.74) is 4.64. The van der Waals surface area contributed by atoms with E-state index in [0.717, 1.165) is 24.0 Å². The highest BCUT2D eigenvalue weighted by atomic mass is 16.5. The van der Waals surface area contributed by atoms with E-state index in [1.165, 1.54) is 11.1 Å². The zero-order chi connectivity index (χ0) is 24.2. The molecule has 0 spiro atoms. The molecule has 2 amide bonds. The van der Waals surface area contributed by atoms with Gasteiger partial charge in [-0.1, -0.05) is 55.5 Å². The second-order valence-corrected chi connectivity index (χ2v) is 9.29. The fourth-order valence-corrected chi connectivity index (χ4v) is 4.76. The first-order valence-corrected chi connectivity index (χ1v) is 12.0. The smallest absolute Gasteiger partial charge is 0.407 e. The molecular weight excluding hydrogens is 432 g/mol. The van der Waals surface area contributed by atoms with Gasteiger partial charge in [0.2, 0.25) is 5.91 Å². The first kappa shape index (κ1) is 23.8. The van der Waals surface area contributed by atoms with Gasteiger partial charge in [-0.2, -0.15) is 0 Å². The summed E-state index contributed by atoms with van der Waals surface area (Å²) in [6, 6.07) is 16.0. The highest BCUT2D eigenvalue weighted by molar-refractivity contribution is 5.80. The van der Waals surface area contributed by atoms with Crippen LogP contribution in [0.4, 0.5) is 4.79 Å². The average Bonchev–Trinajstić information content (AvgIpc) is 3.63. The molecule has 4 rings (SSSR count). The first-order chi connectivity index (χ1) is 16.4. The minimum Gasteiger partial charge on any atom is -0.481 e. The average molecular weight is 465 g/mol. The van der Waals surface area contributed by atoms with Crippen LogP contribution >= 0.6 is 0 Å². The third-order valence-corrected chi connectivity index (χ3v) is 6.88. The largest absolute Gasteiger partial charge is 0.481 e. The van der Waals surface area contributed by atoms with E-state index in [2.05, 4.69) is 29.6 Å². The molecule has 1 fully saturated rings. The van der Waals surface area contributed by atoms with Crippen molar-refractivity contribution in [2.45, 2.75) is 45.1 Å². The summed E-state index contributed by atoms with van der Waals surface area (Å²) in [6.45, 7) is 4.23. The number of nitrogens with zero attached hydrogens (tertiary/aromatic N) is 1. The zero-order valence-electron chi connectivity index (χ0n) is 19.7. The van der Waals surface area contributed by atoms with Crippen molar-refractivity contribution in [1.29, 1.82) is 0 Å². The normalized spacial score (nSPS) is 16.2. The van der Waals surface area contributed by atoms with E-state index < -0.39 is 18.0 Å². The lowest BCUT2D eigenvalue weighted by Crippen LogP contribution is -2.44. The van der Waals surface area contributed by atoms with Crippen LogP contribution in [0.3, 0.4) is 0 Å². The molecule has 2 unspecified atom stereocenters. The van der Waals surface area contributed by atoms with E-state index in [9.17, 15) is 14.4 Å². The molecule has 2 aromatic carbocycles. The molecular formula is C27H32N2O5. The van der Waals surface area contributed by atoms with Crippen LogP contribution in [0.15, 0.2) is 48.5 Å². The molecule has 2 aliphatic rings. The number of hydrogen-bond acceptors (Lipinski definition) is 4. The third kappa shape index (κ3) is 5.24. The molecule has 2 N–H and O–H groups in total. The van der Waals surface area contributed by atoms with Crippen molar-refractivity contribution < 1.29 is 24.2 Å². The van der Waals surface area contributed by atoms with Crippen LogP contribution in [-0.4, -0.2) is 53.7 Å². The number of aliphatic carboxylic acids is 1. The number of hydrogen-bond donors (Lipinski definition) is 2. The van der Waals surface area contributed by atoms with Crippen molar-refractivity contribution in [2.24, 2.45) is 11.8 Å². The second kappa shape index (κ2) is 10.3. The van der Waals surface area contributed by atoms with E-state index in [0.29, 0.717) is 6.54 Å². The van der Waals surface area contributed by atoms with Gasteiger partial charge in [-0.15, -0.1) is 0 Å². The summed E-state index contributed by atoms with van der Waals surface area (Å²) >= 11 is 0. The number of carboxylic acids is 1. The first-order valence-electron chi connectivity index (χ1n) is 12.0. The van der Waals surface area contributed by atoms with Gasteiger partial charge < -0.3 is 20.1 Å². The number of amides is 2. The fraction of sp³-hybridized carbons (Fsp3) is 0.444. The summed E-state index contributed by atoms with van der Waals surface area (Å²) in [6.07, 6.45) is 1.54. The highest BCUT2D eigenvalue weighted by Crippen LogP contribution is 2.44. The molecule has 0 bridgehead atoms. The maximum absolute atomic E-state index is 12.8. The summed E-state index contributed by atoms with van der Waals surface area (Å²) < 4.78 is 5.66. The monoisotopic (exact) mass is 464 g/mol. The van der Waals surface area contributed by atoms with E-state index in [-0.39, 0.29) is 43.4 Å². The molecule has 0 radical (unpaired) electrons. The van der Waals surface area contributed by atoms with Crippen LogP contribution in [0.2, 0.25) is 0 Å². The fourth-order valence-electron chi connectivity index (χ4n) is 4.76. The van der Waals surface area contributed by atoms with Gasteiger partial charge in [0.05, 0.1) is 5.92 Å². The predicted molar refractivity (Wildman–Crippen MR) is 128 cm³/mol. The Bertz CT molecular complexity index is 1020. The van der Waals surface area contributed by atoms with Gasteiger partial charge >= 0.3 is 12.1 Å². The number of carbonyl (C=O) groups excluding carboxylic acids is 2. The summed E-state index contributed by atoms with van der Waals surface area (Å²) in [5.74, 6) is -1.49. The molecule has 0 heterocycles. The molecule has 7 nitrogen and oxygen atoms in total. The van der Waals surface area contributed by atoms with Crippen molar-refractivity contribution in [3.63, 3.8) is 0 Å². The van der Waals surface area contributed by atoms with E-state index >= 15 is 0 Å². The molecule has 1 saturated carbocycles. The lowest BCUT2D eigenvalue weighted by Gasteiger charge is -2.26. The Kier molecular flexibility index (Phi) is 7.20. The Morgan fingerprint density at radius 3 is 2.18 bits per heavy atom. The molecule has 2 atom stereocenters. The predicted octanol–water partition coefficient (Wildman–Crippen LogP) is 4.26. The number of ether oxygens (including phenoxy) is 1.